The van der Waals surface area contributed by atoms with Crippen LogP contribution in [0.2, 0.25) is 5.02 Å². The number of nitrogens with zero attached hydrogens (tertiary/aromatic N) is 5. The molecule has 1 N–H and O–H groups in total. The van der Waals surface area contributed by atoms with E-state index < -0.39 is 0 Å². The Morgan fingerprint density at radius 1 is 0.917 bits per heavy atom. The lowest BCUT2D eigenvalue weighted by molar-refractivity contribution is 0.188. The number of rotatable bonds is 7. The highest BCUT2D eigenvalue weighted by atomic mass is 35.5. The zero-order valence-electron chi connectivity index (χ0n) is 19.6. The van der Waals surface area contributed by atoms with Gasteiger partial charge < -0.3 is 14.7 Å². The molecule has 36 heavy (non-hydrogen) atoms. The van der Waals surface area contributed by atoms with Crippen molar-refractivity contribution in [2.45, 2.75) is 0 Å². The van der Waals surface area contributed by atoms with E-state index in [-0.39, 0.29) is 17.9 Å². The summed E-state index contributed by atoms with van der Waals surface area (Å²) in [6.07, 6.45) is 5.22. The molecule has 8 nitrogen and oxygen atoms in total. The van der Waals surface area contributed by atoms with Crippen LogP contribution in [0.1, 0.15) is 0 Å². The molecule has 0 spiro atoms. The van der Waals surface area contributed by atoms with Gasteiger partial charge in [-0.05, 0) is 53.6 Å². The van der Waals surface area contributed by atoms with Gasteiger partial charge in [-0.1, -0.05) is 29.8 Å². The summed E-state index contributed by atoms with van der Waals surface area (Å²) < 4.78 is 7.55. The van der Waals surface area contributed by atoms with Gasteiger partial charge in [-0.3, -0.25) is 14.7 Å². The van der Waals surface area contributed by atoms with Gasteiger partial charge in [0.2, 0.25) is 5.75 Å². The third-order valence-corrected chi connectivity index (χ3v) is 6.44. The van der Waals surface area contributed by atoms with Crippen molar-refractivity contribution in [3.8, 4) is 28.3 Å². The van der Waals surface area contributed by atoms with Crippen LogP contribution < -0.4 is 15.2 Å². The van der Waals surface area contributed by atoms with Crippen LogP contribution in [0.4, 0.5) is 5.69 Å². The Kier molecular flexibility index (Phi) is 7.27. The van der Waals surface area contributed by atoms with Gasteiger partial charge >= 0.3 is 5.56 Å². The minimum Gasteiger partial charge on any atom is -0.449 e. The van der Waals surface area contributed by atoms with Crippen molar-refractivity contribution in [3.63, 3.8) is 0 Å². The Bertz CT molecular complexity index is 1350. The lowest BCUT2D eigenvalue weighted by Crippen LogP contribution is -2.47. The minimum atomic E-state index is -0.357. The summed E-state index contributed by atoms with van der Waals surface area (Å²) in [7, 11) is 0. The molecule has 0 unspecified atom stereocenters. The van der Waals surface area contributed by atoms with Crippen molar-refractivity contribution in [2.24, 2.45) is 0 Å². The number of ether oxygens (including phenoxy) is 1. The zero-order chi connectivity index (χ0) is 24.9. The first-order valence-electron chi connectivity index (χ1n) is 11.8. The molecule has 0 atom stereocenters. The summed E-state index contributed by atoms with van der Waals surface area (Å²) >= 11 is 6.03. The molecule has 3 heterocycles. The summed E-state index contributed by atoms with van der Waals surface area (Å²) in [4.78, 5) is 22.1. The molecular formula is C27H26ClN5O3. The van der Waals surface area contributed by atoms with Crippen molar-refractivity contribution in [1.82, 2.24) is 19.7 Å². The summed E-state index contributed by atoms with van der Waals surface area (Å²) in [6.45, 7) is 3.71. The van der Waals surface area contributed by atoms with Crippen LogP contribution in [-0.4, -0.2) is 64.1 Å². The Balaban J connectivity index is 1.48. The number of halogens is 1. The molecule has 9 heteroatoms. The maximum atomic E-state index is 13.6. The highest BCUT2D eigenvalue weighted by Crippen LogP contribution is 2.31. The monoisotopic (exact) mass is 503 g/mol. The topological polar surface area (TPSA) is 83.7 Å². The molecule has 2 aromatic heterocycles. The fraction of sp³-hybridized carbons (Fsp3) is 0.222. The highest BCUT2D eigenvalue weighted by Gasteiger charge is 2.24. The Morgan fingerprint density at radius 2 is 1.67 bits per heavy atom. The standard InChI is InChI=1S/C27H26ClN5O3/c28-22-5-7-23(8-6-22)33-27(35)26(25(19-30-33)32-14-12-31(13-15-32)16-17-34)36-24-9-3-20(4-10-24)21-2-1-11-29-18-21/h1-11,18-19,34H,12-17H2. The second kappa shape index (κ2) is 10.9. The third-order valence-electron chi connectivity index (χ3n) is 6.18. The summed E-state index contributed by atoms with van der Waals surface area (Å²) in [5.41, 5.74) is 2.89. The van der Waals surface area contributed by atoms with Crippen LogP contribution in [0.5, 0.6) is 11.5 Å². The van der Waals surface area contributed by atoms with E-state index in [2.05, 4.69) is 19.9 Å². The Morgan fingerprint density at radius 3 is 2.33 bits per heavy atom. The Labute approximate surface area is 214 Å². The van der Waals surface area contributed by atoms with Crippen LogP contribution in [0.3, 0.4) is 0 Å². The van der Waals surface area contributed by atoms with E-state index >= 15 is 0 Å². The summed E-state index contributed by atoms with van der Waals surface area (Å²) in [5, 5.41) is 14.3. The molecule has 1 saturated heterocycles. The number of aromatic nitrogens is 3. The molecule has 5 rings (SSSR count). The smallest absolute Gasteiger partial charge is 0.316 e. The molecule has 1 aliphatic rings. The van der Waals surface area contributed by atoms with Gasteiger partial charge in [0.05, 0.1) is 18.5 Å². The van der Waals surface area contributed by atoms with Gasteiger partial charge in [0.1, 0.15) is 11.4 Å². The van der Waals surface area contributed by atoms with E-state index in [0.717, 1.165) is 24.2 Å². The van der Waals surface area contributed by atoms with Crippen LogP contribution in [0, 0.1) is 0 Å². The molecule has 0 aliphatic carbocycles. The van der Waals surface area contributed by atoms with Gasteiger partial charge in [0, 0.05) is 50.1 Å². The van der Waals surface area contributed by atoms with Crippen LogP contribution >= 0.6 is 11.6 Å². The van der Waals surface area contributed by atoms with Crippen molar-refractivity contribution in [1.29, 1.82) is 0 Å². The van der Waals surface area contributed by atoms with E-state index in [0.29, 0.717) is 41.8 Å². The van der Waals surface area contributed by atoms with E-state index in [1.54, 1.807) is 42.9 Å². The van der Waals surface area contributed by atoms with Gasteiger partial charge in [-0.15, -0.1) is 0 Å². The first-order chi connectivity index (χ1) is 17.6. The first kappa shape index (κ1) is 24.0. The maximum absolute atomic E-state index is 13.6. The summed E-state index contributed by atoms with van der Waals surface area (Å²) in [5.74, 6) is 0.762. The molecule has 4 aromatic rings. The number of hydrogen-bond acceptors (Lipinski definition) is 7. The molecule has 0 radical (unpaired) electrons. The van der Waals surface area contributed by atoms with Gasteiger partial charge in [0.25, 0.3) is 0 Å². The number of aliphatic hydroxyl groups is 1. The number of benzene rings is 2. The fourth-order valence-electron chi connectivity index (χ4n) is 4.24. The average Bonchev–Trinajstić information content (AvgIpc) is 2.92. The number of piperazine rings is 1. The second-order valence-corrected chi connectivity index (χ2v) is 8.91. The molecule has 184 valence electrons. The van der Waals surface area contributed by atoms with Crippen molar-refractivity contribution < 1.29 is 9.84 Å². The molecule has 1 aliphatic heterocycles. The lowest BCUT2D eigenvalue weighted by Gasteiger charge is -2.36. The SMILES string of the molecule is O=c1c(Oc2ccc(-c3cccnc3)cc2)c(N2CCN(CCO)CC2)cnn1-c1ccc(Cl)cc1. The van der Waals surface area contributed by atoms with Gasteiger partial charge in [-0.25, -0.2) is 0 Å². The average molecular weight is 504 g/mol. The molecule has 0 saturated carbocycles. The predicted molar refractivity (Wildman–Crippen MR) is 140 cm³/mol. The quantitative estimate of drug-likeness (QED) is 0.410. The molecule has 2 aromatic carbocycles. The molecule has 0 amide bonds. The number of hydrogen-bond donors (Lipinski definition) is 1. The van der Waals surface area contributed by atoms with E-state index in [1.165, 1.54) is 4.68 Å². The molecular weight excluding hydrogens is 478 g/mol. The Hall–Kier alpha value is -3.72. The maximum Gasteiger partial charge on any atom is 0.316 e. The normalized spacial score (nSPS) is 14.1. The number of pyridine rings is 1. The van der Waals surface area contributed by atoms with E-state index in [9.17, 15) is 9.90 Å². The van der Waals surface area contributed by atoms with Crippen molar-refractivity contribution in [2.75, 3.05) is 44.2 Å². The lowest BCUT2D eigenvalue weighted by atomic mass is 10.1. The number of β-amino-alcohol motifs (C(OH)–C–C–N with tert-alkyl or cyclic N) is 1. The van der Waals surface area contributed by atoms with Crippen LogP contribution in [-0.2, 0) is 0 Å². The second-order valence-electron chi connectivity index (χ2n) is 8.47. The predicted octanol–water partition coefficient (Wildman–Crippen LogP) is 3.85. The van der Waals surface area contributed by atoms with Crippen molar-refractivity contribution in [3.05, 3.63) is 94.6 Å². The van der Waals surface area contributed by atoms with Crippen LogP contribution in [0.25, 0.3) is 16.8 Å². The van der Waals surface area contributed by atoms with E-state index in [1.807, 2.05) is 36.4 Å². The third kappa shape index (κ3) is 5.26. The molecule has 1 fully saturated rings. The van der Waals surface area contributed by atoms with Gasteiger partial charge in [0.15, 0.2) is 0 Å². The van der Waals surface area contributed by atoms with E-state index in [4.69, 9.17) is 16.3 Å². The molecule has 0 bridgehead atoms. The largest absolute Gasteiger partial charge is 0.449 e. The van der Waals surface area contributed by atoms with Gasteiger partial charge in [-0.2, -0.15) is 9.78 Å². The first-order valence-corrected chi connectivity index (χ1v) is 12.1. The summed E-state index contributed by atoms with van der Waals surface area (Å²) in [6, 6.07) is 18.4. The number of anilines is 1. The zero-order valence-corrected chi connectivity index (χ0v) is 20.4. The van der Waals surface area contributed by atoms with Crippen molar-refractivity contribution >= 4 is 17.3 Å². The van der Waals surface area contributed by atoms with Crippen LogP contribution in [0.15, 0.2) is 84.0 Å². The highest BCUT2D eigenvalue weighted by molar-refractivity contribution is 6.30. The fourth-order valence-corrected chi connectivity index (χ4v) is 4.36. The number of aliphatic hydroxyl groups excluding tert-OH is 1. The minimum absolute atomic E-state index is 0.127.